The van der Waals surface area contributed by atoms with Gasteiger partial charge in [0.15, 0.2) is 0 Å². The van der Waals surface area contributed by atoms with Crippen molar-refractivity contribution in [3.63, 3.8) is 0 Å². The zero-order valence-corrected chi connectivity index (χ0v) is 46.2. The number of hydrogen-bond donors (Lipinski definition) is 2. The summed E-state index contributed by atoms with van der Waals surface area (Å²) in [6, 6.07) is 38.3. The number of aromatic nitrogens is 6. The number of thiazole rings is 2. The Morgan fingerprint density at radius 3 is 1.24 bits per heavy atom. The molecule has 12 nitrogen and oxygen atoms in total. The second-order valence-corrected chi connectivity index (χ2v) is 24.1. The van der Waals surface area contributed by atoms with E-state index in [2.05, 4.69) is 106 Å². The number of fused-ring (bicyclic) bond motifs is 6. The number of ether oxygens (including phenoxy) is 2. The van der Waals surface area contributed by atoms with E-state index in [4.69, 9.17) is 19.4 Å². The smallest absolute Gasteiger partial charge is 0.307 e. The van der Waals surface area contributed by atoms with Crippen molar-refractivity contribution in [2.75, 3.05) is 26.4 Å². The van der Waals surface area contributed by atoms with E-state index in [1.54, 1.807) is 9.13 Å². The minimum Gasteiger partial charge on any atom is -0.386 e. The molecule has 2 atom stereocenters. The van der Waals surface area contributed by atoms with Crippen LogP contribution in [0.4, 0.5) is 0 Å². The number of nitrogens with zero attached hydrogens (tertiary/aromatic N) is 6. The van der Waals surface area contributed by atoms with Gasteiger partial charge in [0.25, 0.3) is 0 Å². The van der Waals surface area contributed by atoms with E-state index in [1.165, 1.54) is 33.8 Å². The molecule has 0 bridgehead atoms. The van der Waals surface area contributed by atoms with Gasteiger partial charge in [0.2, 0.25) is 0 Å². The van der Waals surface area contributed by atoms with Crippen molar-refractivity contribution in [1.29, 1.82) is 0 Å². The van der Waals surface area contributed by atoms with Crippen LogP contribution in [0.15, 0.2) is 131 Å². The minimum absolute atomic E-state index is 0.0253. The van der Waals surface area contributed by atoms with Gasteiger partial charge in [-0.3, -0.25) is 19.6 Å². The molecule has 0 spiro atoms. The number of rotatable bonds is 10. The van der Waals surface area contributed by atoms with E-state index in [-0.39, 0.29) is 21.8 Å². The molecule has 0 radical (unpaired) electrons. The van der Waals surface area contributed by atoms with Gasteiger partial charge in [-0.05, 0) is 126 Å². The van der Waals surface area contributed by atoms with Crippen molar-refractivity contribution < 1.29 is 19.7 Å². The van der Waals surface area contributed by atoms with Crippen LogP contribution in [-0.4, -0.2) is 64.9 Å². The molecule has 8 heterocycles. The Kier molecular flexibility index (Phi) is 13.9. The fourth-order valence-corrected chi connectivity index (χ4v) is 13.7. The van der Waals surface area contributed by atoms with E-state index in [1.807, 2.05) is 80.2 Å². The lowest BCUT2D eigenvalue weighted by Gasteiger charge is -2.33. The van der Waals surface area contributed by atoms with Gasteiger partial charge in [0, 0.05) is 84.6 Å². The maximum atomic E-state index is 12.5. The highest BCUT2D eigenvalue weighted by molar-refractivity contribution is 7.10. The highest BCUT2D eigenvalue weighted by Gasteiger charge is 2.33. The van der Waals surface area contributed by atoms with Crippen LogP contribution in [-0.2, 0) is 34.8 Å². The zero-order chi connectivity index (χ0) is 53.2. The third-order valence-electron chi connectivity index (χ3n) is 15.9. The summed E-state index contributed by atoms with van der Waals surface area (Å²) in [5, 5.41) is 23.9. The van der Waals surface area contributed by atoms with Crippen LogP contribution < -0.4 is 9.75 Å². The molecule has 10 aromatic rings. The summed E-state index contributed by atoms with van der Waals surface area (Å²) in [5.41, 5.74) is 12.0. The molecule has 2 aliphatic heterocycles. The largest absolute Gasteiger partial charge is 0.386 e. The average molecular weight is 1060 g/mol. The van der Waals surface area contributed by atoms with Crippen molar-refractivity contribution in [3.8, 4) is 22.5 Å². The minimum atomic E-state index is -0.971. The van der Waals surface area contributed by atoms with E-state index in [0.717, 1.165) is 139 Å². The highest BCUT2D eigenvalue weighted by atomic mass is 32.1. The maximum Gasteiger partial charge on any atom is 0.307 e. The van der Waals surface area contributed by atoms with Crippen molar-refractivity contribution in [2.24, 2.45) is 25.9 Å². The van der Waals surface area contributed by atoms with Crippen LogP contribution in [0.1, 0.15) is 97.5 Å². The fraction of sp³-hybridized carbons (Fsp3) is 0.355. The Labute approximate surface area is 450 Å². The van der Waals surface area contributed by atoms with Crippen LogP contribution in [0.25, 0.3) is 66.4 Å². The molecule has 2 fully saturated rings. The molecule has 2 aliphatic rings. The molecular formula is C62H66N6O6S2. The lowest BCUT2D eigenvalue weighted by atomic mass is 9.86. The van der Waals surface area contributed by atoms with E-state index in [9.17, 15) is 19.8 Å². The molecule has 14 heteroatoms. The van der Waals surface area contributed by atoms with Crippen molar-refractivity contribution in [1.82, 2.24) is 28.2 Å². The van der Waals surface area contributed by atoms with Gasteiger partial charge in [-0.1, -0.05) is 108 Å². The Bertz CT molecular complexity index is 3620. The lowest BCUT2D eigenvalue weighted by Crippen LogP contribution is -2.27. The molecule has 4 aromatic carbocycles. The number of hydrogen-bond acceptors (Lipinski definition) is 10. The summed E-state index contributed by atoms with van der Waals surface area (Å²) in [5.74, 6) is 0.762. The molecule has 0 saturated carbocycles. The number of pyridine rings is 2. The normalized spacial score (nSPS) is 15.9. The van der Waals surface area contributed by atoms with Crippen LogP contribution in [0.5, 0.6) is 0 Å². The first kappa shape index (κ1) is 51.6. The van der Waals surface area contributed by atoms with Gasteiger partial charge in [-0.25, -0.2) is 0 Å². The molecule has 0 aliphatic carbocycles. The fourth-order valence-electron chi connectivity index (χ4n) is 12.0. The number of benzene rings is 4. The van der Waals surface area contributed by atoms with Gasteiger partial charge >= 0.3 is 9.75 Å². The van der Waals surface area contributed by atoms with Crippen molar-refractivity contribution in [3.05, 3.63) is 173 Å². The van der Waals surface area contributed by atoms with Gasteiger partial charge in [-0.2, -0.15) is 0 Å². The molecule has 2 N–H and O–H groups in total. The van der Waals surface area contributed by atoms with Gasteiger partial charge in [0.05, 0.1) is 67.8 Å². The van der Waals surface area contributed by atoms with E-state index >= 15 is 0 Å². The maximum absolute atomic E-state index is 12.5. The summed E-state index contributed by atoms with van der Waals surface area (Å²) >= 11 is 2.53. The third kappa shape index (κ3) is 9.47. The molecule has 0 amide bonds. The Hall–Kier alpha value is -6.52. The standard InChI is InChI=1S/2C31H33N3O3S/c2*1-19-28(33(4)30(35)38-19)22-16-26-27(32-18-22)24-11-10-23(31(2,3)36)17-25(24)34(26)29(20-8-6-5-7-9-20)21-12-14-37-15-13-21/h2*5-11,16-18,21,29,36H,12-15H2,1-4H3. The highest BCUT2D eigenvalue weighted by Crippen LogP contribution is 2.44. The first-order valence-electron chi connectivity index (χ1n) is 26.4. The summed E-state index contributed by atoms with van der Waals surface area (Å²) < 4.78 is 19.8. The molecule has 2 unspecified atom stereocenters. The Morgan fingerprint density at radius 2 is 0.908 bits per heavy atom. The molecule has 76 heavy (non-hydrogen) atoms. The number of aliphatic hydroxyl groups is 2. The van der Waals surface area contributed by atoms with Crippen LogP contribution in [0.3, 0.4) is 0 Å². The average Bonchev–Trinajstić information content (AvgIpc) is 4.12. The van der Waals surface area contributed by atoms with Crippen molar-refractivity contribution >= 4 is 66.5 Å². The summed E-state index contributed by atoms with van der Waals surface area (Å²) in [4.78, 5) is 36.9. The van der Waals surface area contributed by atoms with E-state index in [0.29, 0.717) is 11.8 Å². The number of aryl methyl sites for hydroxylation is 2. The third-order valence-corrected chi connectivity index (χ3v) is 17.8. The van der Waals surface area contributed by atoms with Crippen LogP contribution in [0, 0.1) is 25.7 Å². The lowest BCUT2D eigenvalue weighted by molar-refractivity contribution is 0.0551. The quantitative estimate of drug-likeness (QED) is 0.138. The second kappa shape index (κ2) is 20.5. The van der Waals surface area contributed by atoms with Gasteiger partial charge < -0.3 is 38.0 Å². The first-order valence-corrected chi connectivity index (χ1v) is 28.0. The molecular weight excluding hydrogens is 989 g/mol. The molecule has 392 valence electrons. The topological polar surface area (TPSA) is 139 Å². The first-order chi connectivity index (χ1) is 36.5. The monoisotopic (exact) mass is 1050 g/mol. The predicted molar refractivity (Wildman–Crippen MR) is 308 cm³/mol. The van der Waals surface area contributed by atoms with Crippen LogP contribution >= 0.6 is 22.7 Å². The van der Waals surface area contributed by atoms with Crippen molar-refractivity contribution in [2.45, 2.75) is 90.5 Å². The van der Waals surface area contributed by atoms with Crippen LogP contribution in [0.2, 0.25) is 0 Å². The molecule has 2 saturated heterocycles. The zero-order valence-electron chi connectivity index (χ0n) is 44.5. The Balaban J connectivity index is 0.000000162. The Morgan fingerprint density at radius 1 is 0.539 bits per heavy atom. The molecule has 6 aromatic heterocycles. The predicted octanol–water partition coefficient (Wildman–Crippen LogP) is 12.3. The summed E-state index contributed by atoms with van der Waals surface area (Å²) in [7, 11) is 3.65. The molecule has 12 rings (SSSR count). The van der Waals surface area contributed by atoms with E-state index < -0.39 is 11.2 Å². The SMILES string of the molecule is Cc1sc(=O)n(C)c1-c1cnc2c3ccc(C(C)(C)O)cc3n(C(c3ccccc3)C3CCOCC3)c2c1.Cc1sc(=O)n(C)c1-c1cnc2c3ccc(C(C)(C)O)cc3n(C(c3ccccc3)C3CCOCC3)c2c1. The van der Waals surface area contributed by atoms with Gasteiger partial charge in [0.1, 0.15) is 0 Å². The summed E-state index contributed by atoms with van der Waals surface area (Å²) in [6.45, 7) is 14.3. The summed E-state index contributed by atoms with van der Waals surface area (Å²) in [6.07, 6.45) is 7.65. The second-order valence-electron chi connectivity index (χ2n) is 21.8. The van der Waals surface area contributed by atoms with Gasteiger partial charge in [-0.15, -0.1) is 0 Å².